The number of hydrogen-bond donors (Lipinski definition) is 0. The number of rotatable bonds is 7. The molecular formula is C21H37F3. The molecule has 1 unspecified atom stereocenters. The lowest BCUT2D eigenvalue weighted by atomic mass is 9.66. The van der Waals surface area contributed by atoms with Crippen LogP contribution in [0.1, 0.15) is 97.3 Å². The third-order valence-electron chi connectivity index (χ3n) is 6.93. The van der Waals surface area contributed by atoms with E-state index >= 15 is 0 Å². The minimum Gasteiger partial charge on any atom is -0.171 e. The SMILES string of the molecule is CCCCC(C1CCC(C2CCC(CCC)CC2)CC1)C(F)(F)F. The average molecular weight is 347 g/mol. The molecule has 2 rings (SSSR count). The molecule has 0 radical (unpaired) electrons. The Balaban J connectivity index is 1.80. The molecule has 142 valence electrons. The molecule has 0 bridgehead atoms. The Hall–Kier alpha value is -0.210. The second-order valence-corrected chi connectivity index (χ2v) is 8.53. The predicted octanol–water partition coefficient (Wildman–Crippen LogP) is 7.77. The fraction of sp³-hybridized carbons (Fsp3) is 1.00. The monoisotopic (exact) mass is 346 g/mol. The third kappa shape index (κ3) is 5.66. The molecule has 1 atom stereocenters. The zero-order chi connectivity index (χ0) is 17.6. The second kappa shape index (κ2) is 9.48. The minimum absolute atomic E-state index is 0.107. The number of halogens is 3. The van der Waals surface area contributed by atoms with Crippen LogP contribution < -0.4 is 0 Å². The van der Waals surface area contributed by atoms with E-state index < -0.39 is 12.1 Å². The molecule has 0 N–H and O–H groups in total. The highest BCUT2D eigenvalue weighted by molar-refractivity contribution is 4.85. The molecule has 2 aliphatic carbocycles. The Morgan fingerprint density at radius 1 is 0.792 bits per heavy atom. The summed E-state index contributed by atoms with van der Waals surface area (Å²) >= 11 is 0. The fourth-order valence-electron chi connectivity index (χ4n) is 5.47. The summed E-state index contributed by atoms with van der Waals surface area (Å²) < 4.78 is 40.2. The van der Waals surface area contributed by atoms with E-state index in [1.807, 2.05) is 6.92 Å². The van der Waals surface area contributed by atoms with Crippen LogP contribution in [-0.2, 0) is 0 Å². The zero-order valence-corrected chi connectivity index (χ0v) is 15.7. The van der Waals surface area contributed by atoms with Gasteiger partial charge in [0.05, 0.1) is 5.92 Å². The van der Waals surface area contributed by atoms with Gasteiger partial charge < -0.3 is 0 Å². The molecule has 0 aromatic carbocycles. The first-order valence-electron chi connectivity index (χ1n) is 10.5. The average Bonchev–Trinajstić information content (AvgIpc) is 2.56. The van der Waals surface area contributed by atoms with Gasteiger partial charge in [0.2, 0.25) is 0 Å². The van der Waals surface area contributed by atoms with Gasteiger partial charge in [-0.15, -0.1) is 0 Å². The van der Waals surface area contributed by atoms with Gasteiger partial charge in [0, 0.05) is 0 Å². The van der Waals surface area contributed by atoms with Gasteiger partial charge in [-0.25, -0.2) is 0 Å². The summed E-state index contributed by atoms with van der Waals surface area (Å²) in [5.74, 6) is 1.29. The van der Waals surface area contributed by atoms with Gasteiger partial charge in [0.15, 0.2) is 0 Å². The Labute approximate surface area is 147 Å². The van der Waals surface area contributed by atoms with Crippen molar-refractivity contribution in [3.63, 3.8) is 0 Å². The maximum atomic E-state index is 13.4. The van der Waals surface area contributed by atoms with E-state index in [4.69, 9.17) is 0 Å². The lowest BCUT2D eigenvalue weighted by Gasteiger charge is -2.40. The van der Waals surface area contributed by atoms with Crippen molar-refractivity contribution in [3.8, 4) is 0 Å². The summed E-state index contributed by atoms with van der Waals surface area (Å²) in [6.07, 6.45) is 9.69. The highest BCUT2D eigenvalue weighted by Crippen LogP contribution is 2.47. The summed E-state index contributed by atoms with van der Waals surface area (Å²) in [5, 5.41) is 0. The lowest BCUT2D eigenvalue weighted by molar-refractivity contribution is -0.195. The zero-order valence-electron chi connectivity index (χ0n) is 15.7. The summed E-state index contributed by atoms with van der Waals surface area (Å²) in [4.78, 5) is 0. The van der Waals surface area contributed by atoms with Gasteiger partial charge in [-0.05, 0) is 68.6 Å². The minimum atomic E-state index is -4.00. The molecule has 0 aliphatic heterocycles. The van der Waals surface area contributed by atoms with Gasteiger partial charge in [0.1, 0.15) is 0 Å². The predicted molar refractivity (Wildman–Crippen MR) is 94.9 cm³/mol. The van der Waals surface area contributed by atoms with Crippen LogP contribution in [0.15, 0.2) is 0 Å². The molecule has 2 fully saturated rings. The van der Waals surface area contributed by atoms with Crippen molar-refractivity contribution in [1.82, 2.24) is 0 Å². The van der Waals surface area contributed by atoms with Crippen molar-refractivity contribution < 1.29 is 13.2 Å². The van der Waals surface area contributed by atoms with Crippen molar-refractivity contribution in [2.75, 3.05) is 0 Å². The molecule has 0 amide bonds. The van der Waals surface area contributed by atoms with Gasteiger partial charge in [-0.2, -0.15) is 13.2 Å². The molecule has 2 aliphatic rings. The van der Waals surface area contributed by atoms with E-state index in [1.54, 1.807) is 0 Å². The number of unbranched alkanes of at least 4 members (excludes halogenated alkanes) is 1. The van der Waals surface area contributed by atoms with Gasteiger partial charge in [-0.3, -0.25) is 0 Å². The van der Waals surface area contributed by atoms with E-state index in [0.717, 1.165) is 43.9 Å². The normalized spacial score (nSPS) is 33.4. The molecule has 0 heterocycles. The first-order valence-corrected chi connectivity index (χ1v) is 10.5. The van der Waals surface area contributed by atoms with Crippen LogP contribution in [0.2, 0.25) is 0 Å². The van der Waals surface area contributed by atoms with E-state index in [9.17, 15) is 13.2 Å². The van der Waals surface area contributed by atoms with E-state index in [-0.39, 0.29) is 5.92 Å². The Bertz CT molecular complexity index is 333. The number of alkyl halides is 3. The van der Waals surface area contributed by atoms with Gasteiger partial charge in [-0.1, -0.05) is 52.4 Å². The maximum absolute atomic E-state index is 13.4. The molecule has 0 spiro atoms. The molecule has 0 aromatic heterocycles. The van der Waals surface area contributed by atoms with Crippen LogP contribution >= 0.6 is 0 Å². The van der Waals surface area contributed by atoms with Crippen molar-refractivity contribution >= 4 is 0 Å². The summed E-state index contributed by atoms with van der Waals surface area (Å²) in [5.41, 5.74) is 0. The van der Waals surface area contributed by atoms with Crippen LogP contribution in [0.5, 0.6) is 0 Å². The Kier molecular flexibility index (Phi) is 7.94. The quantitative estimate of drug-likeness (QED) is 0.441. The Morgan fingerprint density at radius 2 is 1.33 bits per heavy atom. The van der Waals surface area contributed by atoms with Crippen molar-refractivity contribution in [1.29, 1.82) is 0 Å². The van der Waals surface area contributed by atoms with Crippen LogP contribution in [-0.4, -0.2) is 6.18 Å². The van der Waals surface area contributed by atoms with Gasteiger partial charge >= 0.3 is 6.18 Å². The lowest BCUT2D eigenvalue weighted by Crippen LogP contribution is -2.34. The molecule has 24 heavy (non-hydrogen) atoms. The second-order valence-electron chi connectivity index (χ2n) is 8.53. The maximum Gasteiger partial charge on any atom is 0.392 e. The highest BCUT2D eigenvalue weighted by atomic mass is 19.4. The molecule has 0 nitrogen and oxygen atoms in total. The van der Waals surface area contributed by atoms with Crippen LogP contribution in [0.3, 0.4) is 0 Å². The Morgan fingerprint density at radius 3 is 1.79 bits per heavy atom. The summed E-state index contributed by atoms with van der Waals surface area (Å²) in [7, 11) is 0. The van der Waals surface area contributed by atoms with Crippen molar-refractivity contribution in [2.45, 2.75) is 103 Å². The van der Waals surface area contributed by atoms with Crippen LogP contribution in [0, 0.1) is 29.6 Å². The van der Waals surface area contributed by atoms with Gasteiger partial charge in [0.25, 0.3) is 0 Å². The molecule has 0 saturated heterocycles. The molecule has 0 aromatic rings. The summed E-state index contributed by atoms with van der Waals surface area (Å²) in [6.45, 7) is 4.25. The first kappa shape index (κ1) is 20.1. The first-order chi connectivity index (χ1) is 11.5. The standard InChI is InChI=1S/C21H37F3/c1-3-5-7-20(21(22,23)24)19-14-12-18(13-15-19)17-10-8-16(6-4-2)9-11-17/h16-20H,3-15H2,1-2H3. The van der Waals surface area contributed by atoms with Crippen molar-refractivity contribution in [2.24, 2.45) is 29.6 Å². The fourth-order valence-corrected chi connectivity index (χ4v) is 5.47. The molecular weight excluding hydrogens is 309 g/mol. The largest absolute Gasteiger partial charge is 0.392 e. The topological polar surface area (TPSA) is 0 Å². The molecule has 2 saturated carbocycles. The summed E-state index contributed by atoms with van der Waals surface area (Å²) in [6, 6.07) is 0. The highest BCUT2D eigenvalue weighted by Gasteiger charge is 2.45. The third-order valence-corrected chi connectivity index (χ3v) is 6.93. The van der Waals surface area contributed by atoms with Crippen molar-refractivity contribution in [3.05, 3.63) is 0 Å². The van der Waals surface area contributed by atoms with E-state index in [0.29, 0.717) is 18.8 Å². The smallest absolute Gasteiger partial charge is 0.171 e. The van der Waals surface area contributed by atoms with Crippen LogP contribution in [0.4, 0.5) is 13.2 Å². The van der Waals surface area contributed by atoms with E-state index in [1.165, 1.54) is 38.5 Å². The van der Waals surface area contributed by atoms with E-state index in [2.05, 4.69) is 6.92 Å². The molecule has 3 heteroatoms. The number of hydrogen-bond acceptors (Lipinski definition) is 0. The van der Waals surface area contributed by atoms with Crippen LogP contribution in [0.25, 0.3) is 0 Å².